The van der Waals surface area contributed by atoms with E-state index in [1.165, 1.54) is 11.1 Å². The molecule has 4 rings (SSSR count). The molecule has 0 spiro atoms. The Bertz CT molecular complexity index is 1020. The summed E-state index contributed by atoms with van der Waals surface area (Å²) >= 11 is 0. The second-order valence-electron chi connectivity index (χ2n) is 7.42. The summed E-state index contributed by atoms with van der Waals surface area (Å²) in [6.07, 6.45) is 0.820. The van der Waals surface area contributed by atoms with Crippen molar-refractivity contribution in [3.8, 4) is 0 Å². The summed E-state index contributed by atoms with van der Waals surface area (Å²) < 4.78 is 0. The number of amides is 2. The first-order valence-corrected chi connectivity index (χ1v) is 10.3. The van der Waals surface area contributed by atoms with E-state index >= 15 is 0 Å². The molecule has 5 nitrogen and oxygen atoms in total. The molecule has 5 heteroatoms. The van der Waals surface area contributed by atoms with E-state index in [1.54, 1.807) is 0 Å². The molecule has 4 aromatic rings. The van der Waals surface area contributed by atoms with Gasteiger partial charge in [-0.05, 0) is 36.6 Å². The fourth-order valence-corrected chi connectivity index (χ4v) is 3.72. The molecule has 1 atom stereocenters. The Kier molecular flexibility index (Phi) is 6.09. The minimum atomic E-state index is -0.212. The lowest BCUT2D eigenvalue weighted by Gasteiger charge is -2.19. The molecule has 152 valence electrons. The number of rotatable bonds is 7. The zero-order valence-corrected chi connectivity index (χ0v) is 17.0. The minimum Gasteiger partial charge on any atom is -0.340 e. The Balaban J connectivity index is 1.35. The van der Waals surface area contributed by atoms with Crippen LogP contribution in [-0.2, 0) is 0 Å². The van der Waals surface area contributed by atoms with E-state index in [2.05, 4.69) is 69.1 Å². The lowest BCUT2D eigenvalue weighted by atomic mass is 9.88. The van der Waals surface area contributed by atoms with Crippen molar-refractivity contribution in [3.05, 3.63) is 102 Å². The number of benzene rings is 3. The third-order valence-corrected chi connectivity index (χ3v) is 5.29. The van der Waals surface area contributed by atoms with Gasteiger partial charge in [0.25, 0.3) is 0 Å². The van der Waals surface area contributed by atoms with Gasteiger partial charge in [-0.2, -0.15) is 0 Å². The molecule has 0 aliphatic rings. The molecule has 3 N–H and O–H groups in total. The monoisotopic (exact) mass is 398 g/mol. The van der Waals surface area contributed by atoms with Crippen molar-refractivity contribution in [2.75, 3.05) is 6.54 Å². The molecule has 0 saturated carbocycles. The van der Waals surface area contributed by atoms with Crippen molar-refractivity contribution < 1.29 is 4.79 Å². The highest BCUT2D eigenvalue weighted by Gasteiger charge is 2.16. The summed E-state index contributed by atoms with van der Waals surface area (Å²) in [7, 11) is 0. The molecule has 1 aromatic heterocycles. The van der Waals surface area contributed by atoms with E-state index in [9.17, 15) is 4.79 Å². The Morgan fingerprint density at radius 2 is 1.50 bits per heavy atom. The third kappa shape index (κ3) is 4.69. The summed E-state index contributed by atoms with van der Waals surface area (Å²) in [6, 6.07) is 28.3. The lowest BCUT2D eigenvalue weighted by Crippen LogP contribution is -2.38. The zero-order chi connectivity index (χ0) is 20.8. The van der Waals surface area contributed by atoms with Crippen LogP contribution in [0.2, 0.25) is 0 Å². The van der Waals surface area contributed by atoms with Crippen LogP contribution in [0, 0.1) is 0 Å². The van der Waals surface area contributed by atoms with E-state index < -0.39 is 0 Å². The Labute approximate surface area is 176 Å². The number of aromatic nitrogens is 2. The molecule has 30 heavy (non-hydrogen) atoms. The molecule has 3 aromatic carbocycles. The fourth-order valence-electron chi connectivity index (χ4n) is 3.72. The van der Waals surface area contributed by atoms with E-state index in [4.69, 9.17) is 0 Å². The summed E-state index contributed by atoms with van der Waals surface area (Å²) in [5.74, 6) is 0.985. The predicted molar refractivity (Wildman–Crippen MR) is 120 cm³/mol. The normalized spacial score (nSPS) is 12.1. The molecule has 0 bridgehead atoms. The number of nitrogens with zero attached hydrogens (tertiary/aromatic N) is 1. The molecular formula is C25H26N4O. The number of urea groups is 1. The van der Waals surface area contributed by atoms with Crippen LogP contribution in [0.5, 0.6) is 0 Å². The van der Waals surface area contributed by atoms with Crippen LogP contribution in [0.1, 0.15) is 42.3 Å². The highest BCUT2D eigenvalue weighted by molar-refractivity contribution is 5.76. The first kappa shape index (κ1) is 19.7. The quantitative estimate of drug-likeness (QED) is 0.403. The number of para-hydroxylation sites is 2. The van der Waals surface area contributed by atoms with Crippen molar-refractivity contribution in [2.45, 2.75) is 25.3 Å². The third-order valence-electron chi connectivity index (χ3n) is 5.29. The average Bonchev–Trinajstić information content (AvgIpc) is 3.22. The highest BCUT2D eigenvalue weighted by atomic mass is 16.2. The van der Waals surface area contributed by atoms with Crippen molar-refractivity contribution in [2.24, 2.45) is 0 Å². The smallest absolute Gasteiger partial charge is 0.315 e. The van der Waals surface area contributed by atoms with Gasteiger partial charge in [0.05, 0.1) is 17.1 Å². The molecule has 0 saturated heterocycles. The summed E-state index contributed by atoms with van der Waals surface area (Å²) in [4.78, 5) is 20.3. The number of hydrogen-bond acceptors (Lipinski definition) is 2. The van der Waals surface area contributed by atoms with Gasteiger partial charge < -0.3 is 15.6 Å². The highest BCUT2D eigenvalue weighted by Crippen LogP contribution is 2.27. The van der Waals surface area contributed by atoms with Crippen molar-refractivity contribution in [1.29, 1.82) is 0 Å². The number of aromatic amines is 1. The van der Waals surface area contributed by atoms with Crippen LogP contribution in [0.25, 0.3) is 11.0 Å². The van der Waals surface area contributed by atoms with Gasteiger partial charge in [-0.3, -0.25) is 0 Å². The average molecular weight is 399 g/mol. The van der Waals surface area contributed by atoms with Crippen LogP contribution in [-0.4, -0.2) is 22.5 Å². The van der Waals surface area contributed by atoms with Gasteiger partial charge in [-0.15, -0.1) is 0 Å². The molecule has 0 aliphatic heterocycles. The molecule has 1 unspecified atom stereocenters. The molecule has 0 radical (unpaired) electrons. The Morgan fingerprint density at radius 3 is 2.13 bits per heavy atom. The Morgan fingerprint density at radius 1 is 0.900 bits per heavy atom. The molecule has 2 amide bonds. The van der Waals surface area contributed by atoms with Crippen LogP contribution in [0.15, 0.2) is 84.9 Å². The number of hydrogen-bond donors (Lipinski definition) is 3. The summed E-state index contributed by atoms with van der Waals surface area (Å²) in [6.45, 7) is 2.50. The van der Waals surface area contributed by atoms with E-state index in [-0.39, 0.29) is 18.0 Å². The topological polar surface area (TPSA) is 69.8 Å². The number of imidazole rings is 1. The lowest BCUT2D eigenvalue weighted by molar-refractivity contribution is 0.237. The molecule has 0 fully saturated rings. The van der Waals surface area contributed by atoms with E-state index in [0.717, 1.165) is 23.3 Å². The molecule has 1 heterocycles. The van der Waals surface area contributed by atoms with Gasteiger partial charge in [0.15, 0.2) is 0 Å². The number of nitrogens with one attached hydrogen (secondary N) is 3. The maximum atomic E-state index is 12.4. The summed E-state index contributed by atoms with van der Waals surface area (Å²) in [5, 5.41) is 5.96. The first-order valence-electron chi connectivity index (χ1n) is 10.3. The minimum absolute atomic E-state index is 0.192. The van der Waals surface area contributed by atoms with Gasteiger partial charge in [0.2, 0.25) is 0 Å². The number of H-pyrrole nitrogens is 1. The first-order chi connectivity index (χ1) is 14.7. The van der Waals surface area contributed by atoms with Crippen molar-refractivity contribution in [3.63, 3.8) is 0 Å². The van der Waals surface area contributed by atoms with Crippen LogP contribution >= 0.6 is 0 Å². The van der Waals surface area contributed by atoms with Gasteiger partial charge >= 0.3 is 6.03 Å². The van der Waals surface area contributed by atoms with Gasteiger partial charge in [0, 0.05) is 12.5 Å². The molecule has 0 aliphatic carbocycles. The second kappa shape index (κ2) is 9.27. The van der Waals surface area contributed by atoms with Gasteiger partial charge in [-0.25, -0.2) is 9.78 Å². The van der Waals surface area contributed by atoms with Crippen molar-refractivity contribution in [1.82, 2.24) is 20.6 Å². The number of carbonyl (C=O) groups is 1. The largest absolute Gasteiger partial charge is 0.340 e. The van der Waals surface area contributed by atoms with Crippen LogP contribution < -0.4 is 10.6 Å². The van der Waals surface area contributed by atoms with Crippen molar-refractivity contribution >= 4 is 17.1 Å². The number of fused-ring (bicyclic) bond motifs is 1. The summed E-state index contributed by atoms with van der Waals surface area (Å²) in [5.41, 5.74) is 4.37. The van der Waals surface area contributed by atoms with Crippen LogP contribution in [0.3, 0.4) is 0 Å². The Hall–Kier alpha value is -3.60. The van der Waals surface area contributed by atoms with E-state index in [1.807, 2.05) is 43.3 Å². The molecular weight excluding hydrogens is 372 g/mol. The predicted octanol–water partition coefficient (Wildman–Crippen LogP) is 5.15. The zero-order valence-electron chi connectivity index (χ0n) is 17.0. The van der Waals surface area contributed by atoms with Crippen LogP contribution in [0.4, 0.5) is 4.79 Å². The fraction of sp³-hybridized carbons (Fsp3) is 0.200. The maximum Gasteiger partial charge on any atom is 0.315 e. The maximum absolute atomic E-state index is 12.4. The van der Waals surface area contributed by atoms with Gasteiger partial charge in [-0.1, -0.05) is 72.8 Å². The van der Waals surface area contributed by atoms with Gasteiger partial charge in [0.1, 0.15) is 5.82 Å². The second-order valence-corrected chi connectivity index (χ2v) is 7.42. The van der Waals surface area contributed by atoms with E-state index in [0.29, 0.717) is 6.54 Å². The standard InChI is InChI=1S/C25H26N4O/c1-18(24-28-22-14-8-9-15-23(22)29-24)27-25(30)26-17-16-21(19-10-4-2-5-11-19)20-12-6-3-7-13-20/h2-15,18,21H,16-17H2,1H3,(H,28,29)(H2,26,27,30). The number of carbonyl (C=O) groups excluding carboxylic acids is 1. The SMILES string of the molecule is CC(NC(=O)NCCC(c1ccccc1)c1ccccc1)c1nc2ccccc2[nH]1.